The monoisotopic (exact) mass is 231 g/mol. The largest absolute Gasteiger partial charge is 0.349 e. The molecule has 0 atom stereocenters. The van der Waals surface area contributed by atoms with Crippen molar-refractivity contribution in [2.45, 2.75) is 57.9 Å². The lowest BCUT2D eigenvalue weighted by molar-refractivity contribution is -0.123. The van der Waals surface area contributed by atoms with Gasteiger partial charge in [-0.3, -0.25) is 4.79 Å². The maximum atomic E-state index is 11.7. The third kappa shape index (κ3) is 4.02. The van der Waals surface area contributed by atoms with E-state index in [1.165, 1.54) is 12.8 Å². The van der Waals surface area contributed by atoms with E-state index in [0.717, 1.165) is 19.3 Å². The van der Waals surface area contributed by atoms with E-state index in [2.05, 4.69) is 19.2 Å². The van der Waals surface area contributed by atoms with E-state index in [9.17, 15) is 4.79 Å². The number of hydrogen-bond acceptors (Lipinski definition) is 1. The van der Waals surface area contributed by atoms with E-state index in [0.29, 0.717) is 18.2 Å². The summed E-state index contributed by atoms with van der Waals surface area (Å²) in [4.78, 5) is 11.7. The maximum Gasteiger partial charge on any atom is 0.220 e. The van der Waals surface area contributed by atoms with Gasteiger partial charge in [-0.15, -0.1) is 11.6 Å². The molecular weight excluding hydrogens is 210 g/mol. The van der Waals surface area contributed by atoms with Crippen molar-refractivity contribution in [2.75, 3.05) is 5.88 Å². The Balaban J connectivity index is 2.35. The van der Waals surface area contributed by atoms with Crippen LogP contribution in [0.1, 0.15) is 52.4 Å². The summed E-state index contributed by atoms with van der Waals surface area (Å²) in [6, 6.07) is 0. The minimum Gasteiger partial charge on any atom is -0.349 e. The van der Waals surface area contributed by atoms with Crippen LogP contribution in [0.5, 0.6) is 0 Å². The molecule has 2 nitrogen and oxygen atoms in total. The highest BCUT2D eigenvalue weighted by Gasteiger charge is 2.34. The first kappa shape index (κ1) is 12.8. The molecule has 1 amide bonds. The van der Waals surface area contributed by atoms with E-state index >= 15 is 0 Å². The topological polar surface area (TPSA) is 29.1 Å². The average Bonchev–Trinajstić information content (AvgIpc) is 2.64. The van der Waals surface area contributed by atoms with Crippen molar-refractivity contribution in [3.8, 4) is 0 Å². The summed E-state index contributed by atoms with van der Waals surface area (Å²) in [5, 5.41) is 3.13. The molecule has 1 aliphatic carbocycles. The molecule has 0 spiro atoms. The molecule has 0 aromatic carbocycles. The summed E-state index contributed by atoms with van der Waals surface area (Å²) >= 11 is 5.96. The fraction of sp³-hybridized carbons (Fsp3) is 0.917. The third-order valence-electron chi connectivity index (χ3n) is 3.17. The Hall–Kier alpha value is -0.240. The second-order valence-electron chi connectivity index (χ2n) is 5.10. The van der Waals surface area contributed by atoms with Gasteiger partial charge in [-0.2, -0.15) is 0 Å². The summed E-state index contributed by atoms with van der Waals surface area (Å²) in [6.45, 7) is 4.28. The van der Waals surface area contributed by atoms with Crippen LogP contribution >= 0.6 is 11.6 Å². The Morgan fingerprint density at radius 1 is 1.40 bits per heavy atom. The first-order valence-corrected chi connectivity index (χ1v) is 6.48. The van der Waals surface area contributed by atoms with Crippen molar-refractivity contribution in [3.63, 3.8) is 0 Å². The van der Waals surface area contributed by atoms with Gasteiger partial charge in [-0.05, 0) is 25.2 Å². The third-order valence-corrected chi connectivity index (χ3v) is 3.68. The molecule has 0 bridgehead atoms. The Labute approximate surface area is 97.8 Å². The molecule has 0 aromatic rings. The Kier molecular flexibility index (Phi) is 4.91. The molecule has 0 heterocycles. The predicted molar refractivity (Wildman–Crippen MR) is 64.1 cm³/mol. The van der Waals surface area contributed by atoms with Crippen LogP contribution in [0.15, 0.2) is 0 Å². The average molecular weight is 232 g/mol. The van der Waals surface area contributed by atoms with Gasteiger partial charge in [0.15, 0.2) is 0 Å². The Bertz CT molecular complexity index is 210. The molecule has 1 saturated carbocycles. The number of carbonyl (C=O) groups excluding carboxylic acids is 1. The number of rotatable bonds is 5. The van der Waals surface area contributed by atoms with Gasteiger partial charge in [-0.1, -0.05) is 26.7 Å². The molecule has 0 aliphatic heterocycles. The molecule has 0 unspecified atom stereocenters. The van der Waals surface area contributed by atoms with Gasteiger partial charge in [0.05, 0.1) is 5.54 Å². The predicted octanol–water partition coefficient (Wildman–Crippen LogP) is 3.09. The van der Waals surface area contributed by atoms with Gasteiger partial charge in [0.2, 0.25) is 5.91 Å². The molecule has 1 fully saturated rings. The number of amides is 1. The second kappa shape index (κ2) is 5.74. The van der Waals surface area contributed by atoms with Crippen molar-refractivity contribution in [2.24, 2.45) is 5.92 Å². The smallest absolute Gasteiger partial charge is 0.220 e. The van der Waals surface area contributed by atoms with Crippen LogP contribution in [0.3, 0.4) is 0 Å². The van der Waals surface area contributed by atoms with Gasteiger partial charge in [0.25, 0.3) is 0 Å². The van der Waals surface area contributed by atoms with E-state index in [1.54, 1.807) is 0 Å². The minimum absolute atomic E-state index is 0.0877. The normalized spacial score (nSPS) is 19.5. The van der Waals surface area contributed by atoms with Crippen LogP contribution < -0.4 is 5.32 Å². The number of nitrogens with one attached hydrogen (secondary N) is 1. The fourth-order valence-electron chi connectivity index (χ4n) is 2.12. The zero-order valence-electron chi connectivity index (χ0n) is 9.81. The first-order chi connectivity index (χ1) is 7.08. The lowest BCUT2D eigenvalue weighted by Gasteiger charge is -2.28. The van der Waals surface area contributed by atoms with Crippen LogP contribution in [0.4, 0.5) is 0 Å². The van der Waals surface area contributed by atoms with Gasteiger partial charge in [0.1, 0.15) is 0 Å². The fourth-order valence-corrected chi connectivity index (χ4v) is 2.46. The van der Waals surface area contributed by atoms with Gasteiger partial charge in [-0.25, -0.2) is 0 Å². The van der Waals surface area contributed by atoms with Crippen LogP contribution in [0.25, 0.3) is 0 Å². The highest BCUT2D eigenvalue weighted by molar-refractivity contribution is 6.18. The number of hydrogen-bond donors (Lipinski definition) is 1. The Morgan fingerprint density at radius 2 is 2.00 bits per heavy atom. The van der Waals surface area contributed by atoms with E-state index in [1.807, 2.05) is 0 Å². The summed E-state index contributed by atoms with van der Waals surface area (Å²) < 4.78 is 0. The Morgan fingerprint density at radius 3 is 2.47 bits per heavy atom. The molecular formula is C12H22ClNO. The molecule has 1 aliphatic rings. The van der Waals surface area contributed by atoms with Crippen LogP contribution in [0.2, 0.25) is 0 Å². The van der Waals surface area contributed by atoms with Crippen LogP contribution in [0, 0.1) is 5.92 Å². The number of carbonyl (C=O) groups is 1. The molecule has 0 aromatic heterocycles. The van der Waals surface area contributed by atoms with Crippen LogP contribution in [-0.4, -0.2) is 17.3 Å². The summed E-state index contributed by atoms with van der Waals surface area (Å²) in [6.07, 6.45) is 6.07. The van der Waals surface area contributed by atoms with Crippen LogP contribution in [-0.2, 0) is 4.79 Å². The van der Waals surface area contributed by atoms with Gasteiger partial charge in [0, 0.05) is 12.3 Å². The lowest BCUT2D eigenvalue weighted by Crippen LogP contribution is -2.47. The molecule has 0 saturated heterocycles. The van der Waals surface area contributed by atoms with Crippen molar-refractivity contribution >= 4 is 17.5 Å². The second-order valence-corrected chi connectivity index (χ2v) is 5.37. The summed E-state index contributed by atoms with van der Waals surface area (Å²) in [5.74, 6) is 1.32. The molecule has 15 heavy (non-hydrogen) atoms. The van der Waals surface area contributed by atoms with E-state index in [4.69, 9.17) is 11.6 Å². The minimum atomic E-state index is -0.0877. The highest BCUT2D eigenvalue weighted by Crippen LogP contribution is 2.30. The van der Waals surface area contributed by atoms with Gasteiger partial charge >= 0.3 is 0 Å². The summed E-state index contributed by atoms with van der Waals surface area (Å²) in [7, 11) is 0. The summed E-state index contributed by atoms with van der Waals surface area (Å²) in [5.41, 5.74) is -0.0877. The van der Waals surface area contributed by atoms with Crippen molar-refractivity contribution < 1.29 is 4.79 Å². The van der Waals surface area contributed by atoms with E-state index in [-0.39, 0.29) is 11.4 Å². The standard InChI is InChI=1S/C12H22ClNO/c1-10(2)5-6-11(15)14-12(9-13)7-3-4-8-12/h10H,3-9H2,1-2H3,(H,14,15). The SMILES string of the molecule is CC(C)CCC(=O)NC1(CCl)CCCC1. The zero-order chi connectivity index (χ0) is 11.3. The molecule has 0 radical (unpaired) electrons. The van der Waals surface area contributed by atoms with E-state index < -0.39 is 0 Å². The molecule has 1 N–H and O–H groups in total. The molecule has 1 rings (SSSR count). The highest BCUT2D eigenvalue weighted by atomic mass is 35.5. The van der Waals surface area contributed by atoms with Crippen molar-refractivity contribution in [1.82, 2.24) is 5.32 Å². The molecule has 88 valence electrons. The van der Waals surface area contributed by atoms with Gasteiger partial charge < -0.3 is 5.32 Å². The quantitative estimate of drug-likeness (QED) is 0.724. The number of alkyl halides is 1. The first-order valence-electron chi connectivity index (χ1n) is 5.95. The number of halogens is 1. The maximum absolute atomic E-state index is 11.7. The van der Waals surface area contributed by atoms with Crippen molar-refractivity contribution in [1.29, 1.82) is 0 Å². The zero-order valence-corrected chi connectivity index (χ0v) is 10.6. The van der Waals surface area contributed by atoms with Crippen molar-refractivity contribution in [3.05, 3.63) is 0 Å². The molecule has 3 heteroatoms. The lowest BCUT2D eigenvalue weighted by atomic mass is 9.99.